The molecule has 0 saturated carbocycles. The first-order valence-corrected chi connectivity index (χ1v) is 5.92. The molecule has 1 aromatic carbocycles. The van der Waals surface area contributed by atoms with Crippen molar-refractivity contribution in [1.82, 2.24) is 10.2 Å². The lowest BCUT2D eigenvalue weighted by atomic mass is 10.1. The van der Waals surface area contributed by atoms with Crippen molar-refractivity contribution in [3.63, 3.8) is 0 Å². The van der Waals surface area contributed by atoms with Gasteiger partial charge in [-0.3, -0.25) is 0 Å². The fourth-order valence-electron chi connectivity index (χ4n) is 1.61. The van der Waals surface area contributed by atoms with Crippen LogP contribution in [0.15, 0.2) is 24.3 Å². The molecule has 21 heavy (non-hydrogen) atoms. The normalized spacial score (nSPS) is 11.0. The lowest BCUT2D eigenvalue weighted by molar-refractivity contribution is -0.137. The van der Waals surface area contributed by atoms with Crippen molar-refractivity contribution < 1.29 is 17.9 Å². The standard InChI is InChI=1S/C14H10F3N3O/c1-8-9(2)19-20-13(12(8)7-18)21-11-5-3-10(4-6-11)14(15,16)17/h3-6H,1-2H3. The fraction of sp³-hybridized carbons (Fsp3) is 0.214. The first kappa shape index (κ1) is 14.8. The molecule has 0 saturated heterocycles. The van der Waals surface area contributed by atoms with Gasteiger partial charge in [-0.15, -0.1) is 5.10 Å². The zero-order valence-electron chi connectivity index (χ0n) is 11.2. The summed E-state index contributed by atoms with van der Waals surface area (Å²) in [6, 6.07) is 6.09. The first-order chi connectivity index (χ1) is 9.82. The molecule has 0 spiro atoms. The number of halogens is 3. The van der Waals surface area contributed by atoms with Crippen LogP contribution >= 0.6 is 0 Å². The van der Waals surface area contributed by atoms with E-state index in [0.717, 1.165) is 12.1 Å². The maximum absolute atomic E-state index is 12.5. The molecule has 0 N–H and O–H groups in total. The van der Waals surface area contributed by atoms with Crippen LogP contribution < -0.4 is 4.74 Å². The Hall–Kier alpha value is -2.62. The summed E-state index contributed by atoms with van der Waals surface area (Å²) < 4.78 is 42.7. The Bertz CT molecular complexity index is 703. The third-order valence-corrected chi connectivity index (χ3v) is 2.93. The summed E-state index contributed by atoms with van der Waals surface area (Å²) in [6.45, 7) is 3.40. The van der Waals surface area contributed by atoms with Crippen LogP contribution in [0.1, 0.15) is 22.4 Å². The second-order valence-electron chi connectivity index (χ2n) is 4.33. The number of alkyl halides is 3. The summed E-state index contributed by atoms with van der Waals surface area (Å²) >= 11 is 0. The maximum Gasteiger partial charge on any atom is 0.416 e. The predicted octanol–water partition coefficient (Wildman–Crippen LogP) is 3.78. The lowest BCUT2D eigenvalue weighted by Gasteiger charge is -2.10. The summed E-state index contributed by atoms with van der Waals surface area (Å²) in [5, 5.41) is 16.7. The largest absolute Gasteiger partial charge is 0.437 e. The third-order valence-electron chi connectivity index (χ3n) is 2.93. The van der Waals surface area contributed by atoms with Gasteiger partial charge in [-0.05, 0) is 43.7 Å². The van der Waals surface area contributed by atoms with Gasteiger partial charge in [0.1, 0.15) is 17.4 Å². The van der Waals surface area contributed by atoms with Crippen molar-refractivity contribution in [3.8, 4) is 17.7 Å². The Kier molecular flexibility index (Phi) is 3.80. The van der Waals surface area contributed by atoms with Crippen LogP contribution in [0.5, 0.6) is 11.6 Å². The quantitative estimate of drug-likeness (QED) is 0.845. The Morgan fingerprint density at radius 3 is 2.24 bits per heavy atom. The molecule has 1 heterocycles. The topological polar surface area (TPSA) is 58.8 Å². The Morgan fingerprint density at radius 1 is 1.10 bits per heavy atom. The first-order valence-electron chi connectivity index (χ1n) is 5.92. The molecule has 0 unspecified atom stereocenters. The van der Waals surface area contributed by atoms with Crippen molar-refractivity contribution in [2.75, 3.05) is 0 Å². The van der Waals surface area contributed by atoms with E-state index < -0.39 is 11.7 Å². The third kappa shape index (κ3) is 3.11. The van der Waals surface area contributed by atoms with Crippen LogP contribution in [0.2, 0.25) is 0 Å². The maximum atomic E-state index is 12.5. The van der Waals surface area contributed by atoms with E-state index in [1.807, 2.05) is 6.07 Å². The molecule has 0 amide bonds. The molecule has 0 fully saturated rings. The minimum Gasteiger partial charge on any atom is -0.437 e. The Labute approximate surface area is 118 Å². The van der Waals surface area contributed by atoms with Gasteiger partial charge >= 0.3 is 6.18 Å². The van der Waals surface area contributed by atoms with Crippen molar-refractivity contribution in [3.05, 3.63) is 46.6 Å². The van der Waals surface area contributed by atoms with E-state index in [2.05, 4.69) is 10.2 Å². The van der Waals surface area contributed by atoms with Crippen LogP contribution in [0, 0.1) is 25.2 Å². The average molecular weight is 293 g/mol. The molecular formula is C14H10F3N3O. The van der Waals surface area contributed by atoms with E-state index in [-0.39, 0.29) is 17.2 Å². The van der Waals surface area contributed by atoms with Crippen LogP contribution in [0.4, 0.5) is 13.2 Å². The number of aryl methyl sites for hydroxylation is 1. The number of benzene rings is 1. The van der Waals surface area contributed by atoms with Gasteiger partial charge in [0.2, 0.25) is 0 Å². The number of nitrogens with zero attached hydrogens (tertiary/aromatic N) is 3. The molecule has 0 bridgehead atoms. The number of hydrogen-bond acceptors (Lipinski definition) is 4. The SMILES string of the molecule is Cc1nnc(Oc2ccc(C(F)(F)F)cc2)c(C#N)c1C. The highest BCUT2D eigenvalue weighted by Crippen LogP contribution is 2.31. The van der Waals surface area contributed by atoms with Crippen molar-refractivity contribution in [1.29, 1.82) is 5.26 Å². The van der Waals surface area contributed by atoms with Crippen molar-refractivity contribution in [2.24, 2.45) is 0 Å². The molecule has 4 nitrogen and oxygen atoms in total. The van der Waals surface area contributed by atoms with Gasteiger partial charge in [-0.25, -0.2) is 0 Å². The average Bonchev–Trinajstić information content (AvgIpc) is 2.43. The molecule has 2 aromatic rings. The summed E-state index contributed by atoms with van der Waals surface area (Å²) in [6.07, 6.45) is -4.41. The highest BCUT2D eigenvalue weighted by Gasteiger charge is 2.30. The summed E-state index contributed by atoms with van der Waals surface area (Å²) in [5.41, 5.74) is 0.643. The molecule has 0 aliphatic carbocycles. The molecule has 0 aliphatic heterocycles. The fourth-order valence-corrected chi connectivity index (χ4v) is 1.61. The molecule has 0 atom stereocenters. The number of nitriles is 1. The summed E-state index contributed by atoms with van der Waals surface area (Å²) in [7, 11) is 0. The predicted molar refractivity (Wildman–Crippen MR) is 67.7 cm³/mol. The zero-order valence-corrected chi connectivity index (χ0v) is 11.2. The van der Waals surface area contributed by atoms with Gasteiger partial charge in [0.05, 0.1) is 11.3 Å². The van der Waals surface area contributed by atoms with E-state index in [4.69, 9.17) is 10.00 Å². The van der Waals surface area contributed by atoms with Gasteiger partial charge in [0.25, 0.3) is 5.88 Å². The van der Waals surface area contributed by atoms with Gasteiger partial charge in [0.15, 0.2) is 0 Å². The second-order valence-corrected chi connectivity index (χ2v) is 4.33. The van der Waals surface area contributed by atoms with Crippen molar-refractivity contribution >= 4 is 0 Å². The van der Waals surface area contributed by atoms with Crippen LogP contribution in [-0.2, 0) is 6.18 Å². The highest BCUT2D eigenvalue weighted by molar-refractivity contribution is 5.46. The molecule has 1 aromatic heterocycles. The summed E-state index contributed by atoms with van der Waals surface area (Å²) in [5.74, 6) is 0.123. The molecular weight excluding hydrogens is 283 g/mol. The summed E-state index contributed by atoms with van der Waals surface area (Å²) in [4.78, 5) is 0. The van der Waals surface area contributed by atoms with Crippen LogP contribution in [0.25, 0.3) is 0 Å². The Balaban J connectivity index is 2.31. The van der Waals surface area contributed by atoms with Crippen LogP contribution in [0.3, 0.4) is 0 Å². The number of aromatic nitrogens is 2. The van der Waals surface area contributed by atoms with E-state index in [1.54, 1.807) is 13.8 Å². The monoisotopic (exact) mass is 293 g/mol. The van der Waals surface area contributed by atoms with E-state index in [1.165, 1.54) is 12.1 Å². The van der Waals surface area contributed by atoms with Gasteiger partial charge in [-0.1, -0.05) is 0 Å². The molecule has 0 radical (unpaired) electrons. The van der Waals surface area contributed by atoms with Crippen LogP contribution in [-0.4, -0.2) is 10.2 Å². The molecule has 7 heteroatoms. The minimum atomic E-state index is -4.41. The number of rotatable bonds is 2. The number of ether oxygens (including phenoxy) is 1. The number of hydrogen-bond donors (Lipinski definition) is 0. The van der Waals surface area contributed by atoms with E-state index >= 15 is 0 Å². The molecule has 2 rings (SSSR count). The Morgan fingerprint density at radius 2 is 1.71 bits per heavy atom. The van der Waals surface area contributed by atoms with Gasteiger partial charge < -0.3 is 4.74 Å². The van der Waals surface area contributed by atoms with Gasteiger partial charge in [-0.2, -0.15) is 23.5 Å². The zero-order chi connectivity index (χ0) is 15.6. The molecule has 108 valence electrons. The smallest absolute Gasteiger partial charge is 0.416 e. The molecule has 0 aliphatic rings. The van der Waals surface area contributed by atoms with E-state index in [9.17, 15) is 13.2 Å². The second kappa shape index (κ2) is 5.40. The van der Waals surface area contributed by atoms with Gasteiger partial charge in [0, 0.05) is 0 Å². The van der Waals surface area contributed by atoms with E-state index in [0.29, 0.717) is 11.3 Å². The van der Waals surface area contributed by atoms with Crippen molar-refractivity contribution in [2.45, 2.75) is 20.0 Å². The minimum absolute atomic E-state index is 0.0274. The lowest BCUT2D eigenvalue weighted by Crippen LogP contribution is -2.04. The highest BCUT2D eigenvalue weighted by atomic mass is 19.4.